The van der Waals surface area contributed by atoms with Crippen molar-refractivity contribution in [3.8, 4) is 22.6 Å². The van der Waals surface area contributed by atoms with Crippen LogP contribution < -0.4 is 9.47 Å². The first-order valence-electron chi connectivity index (χ1n) is 12.8. The predicted molar refractivity (Wildman–Crippen MR) is 134 cm³/mol. The average Bonchev–Trinajstić information content (AvgIpc) is 2.91. The molecule has 0 heterocycles. The summed E-state index contributed by atoms with van der Waals surface area (Å²) in [5.74, 6) is -2.26. The molecule has 2 aliphatic rings. The van der Waals surface area contributed by atoms with Crippen LogP contribution in [0, 0.1) is 41.1 Å². The largest absolute Gasteiger partial charge is 0.462 e. The zero-order chi connectivity index (χ0) is 25.7. The number of hydrogen-bond acceptors (Lipinski definition) is 3. The summed E-state index contributed by atoms with van der Waals surface area (Å²) in [5.41, 5.74) is 0.0190. The molecule has 0 unspecified atom stereocenters. The van der Waals surface area contributed by atoms with Crippen LogP contribution in [0.3, 0.4) is 0 Å². The van der Waals surface area contributed by atoms with Crippen LogP contribution in [-0.2, 0) is 4.79 Å². The van der Waals surface area contributed by atoms with Gasteiger partial charge in [-0.2, -0.15) is 4.39 Å². The van der Waals surface area contributed by atoms with Gasteiger partial charge in [0.15, 0.2) is 23.1 Å². The summed E-state index contributed by atoms with van der Waals surface area (Å²) in [6, 6.07) is 6.34. The smallest absolute Gasteiger partial charge is 0.314 e. The topological polar surface area (TPSA) is 35.5 Å². The van der Waals surface area contributed by atoms with Crippen LogP contribution in [-0.4, -0.2) is 5.97 Å². The van der Waals surface area contributed by atoms with Gasteiger partial charge in [-0.15, -0.1) is 6.58 Å². The summed E-state index contributed by atoms with van der Waals surface area (Å²) in [4.78, 5) is 12.7. The van der Waals surface area contributed by atoms with Gasteiger partial charge in [-0.1, -0.05) is 18.2 Å². The molecule has 0 saturated heterocycles. The molecule has 192 valence electrons. The minimum Gasteiger partial charge on any atom is -0.462 e. The summed E-state index contributed by atoms with van der Waals surface area (Å²) in [5, 5.41) is 0. The highest BCUT2D eigenvalue weighted by Gasteiger charge is 2.33. The van der Waals surface area contributed by atoms with Gasteiger partial charge in [0.05, 0.1) is 12.2 Å². The van der Waals surface area contributed by atoms with Gasteiger partial charge in [0.2, 0.25) is 5.82 Å². The lowest BCUT2D eigenvalue weighted by atomic mass is 9.69. The minimum atomic E-state index is -1.16. The fraction of sp³-hybridized carbons (Fsp3) is 0.433. The second-order valence-electron chi connectivity index (χ2n) is 9.92. The molecule has 36 heavy (non-hydrogen) atoms. The van der Waals surface area contributed by atoms with Gasteiger partial charge < -0.3 is 9.47 Å². The van der Waals surface area contributed by atoms with Gasteiger partial charge in [-0.25, -0.2) is 8.78 Å². The Balaban J connectivity index is 1.35. The molecule has 0 N–H and O–H groups in total. The molecule has 2 aromatic carbocycles. The highest BCUT2D eigenvalue weighted by molar-refractivity contribution is 5.76. The van der Waals surface area contributed by atoms with Crippen LogP contribution >= 0.6 is 0 Å². The van der Waals surface area contributed by atoms with E-state index >= 15 is 0 Å². The Labute approximate surface area is 211 Å². The third kappa shape index (κ3) is 5.85. The van der Waals surface area contributed by atoms with E-state index in [1.54, 1.807) is 13.0 Å². The molecule has 0 aromatic heterocycles. The van der Waals surface area contributed by atoms with E-state index in [2.05, 4.69) is 12.7 Å². The molecule has 0 aliphatic heterocycles. The molecular formula is C30H33F3O3. The van der Waals surface area contributed by atoms with Crippen molar-refractivity contribution >= 4 is 5.97 Å². The summed E-state index contributed by atoms with van der Waals surface area (Å²) in [7, 11) is 0. The van der Waals surface area contributed by atoms with Crippen molar-refractivity contribution in [3.63, 3.8) is 0 Å². The van der Waals surface area contributed by atoms with Crippen molar-refractivity contribution in [2.75, 3.05) is 0 Å². The normalized spacial score (nSPS) is 24.4. The lowest BCUT2D eigenvalue weighted by molar-refractivity contribution is -0.140. The fourth-order valence-corrected chi connectivity index (χ4v) is 5.61. The molecule has 2 aliphatic carbocycles. The predicted octanol–water partition coefficient (Wildman–Crippen LogP) is 8.39. The Hall–Kier alpha value is -3.02. The number of esters is 1. The van der Waals surface area contributed by atoms with Crippen LogP contribution in [0.1, 0.15) is 58.3 Å². The van der Waals surface area contributed by atoms with Crippen LogP contribution in [0.25, 0.3) is 11.1 Å². The summed E-state index contributed by atoms with van der Waals surface area (Å²) < 4.78 is 54.1. The van der Waals surface area contributed by atoms with E-state index in [0.29, 0.717) is 11.8 Å². The zero-order valence-corrected chi connectivity index (χ0v) is 20.7. The maximum atomic E-state index is 14.8. The lowest BCUT2D eigenvalue weighted by Gasteiger charge is -2.36. The van der Waals surface area contributed by atoms with Gasteiger partial charge in [0, 0.05) is 5.56 Å². The molecule has 0 amide bonds. The molecule has 0 atom stereocenters. The van der Waals surface area contributed by atoms with E-state index in [9.17, 15) is 18.0 Å². The Morgan fingerprint density at radius 1 is 0.889 bits per heavy atom. The Kier molecular flexibility index (Phi) is 8.55. The first-order chi connectivity index (χ1) is 17.4. The van der Waals surface area contributed by atoms with E-state index in [4.69, 9.17) is 9.47 Å². The van der Waals surface area contributed by atoms with Crippen molar-refractivity contribution in [1.29, 1.82) is 0 Å². The van der Waals surface area contributed by atoms with Gasteiger partial charge >= 0.3 is 5.97 Å². The number of benzene rings is 2. The Morgan fingerprint density at radius 3 is 2.14 bits per heavy atom. The maximum Gasteiger partial charge on any atom is 0.314 e. The van der Waals surface area contributed by atoms with Crippen LogP contribution in [0.4, 0.5) is 13.2 Å². The van der Waals surface area contributed by atoms with Crippen molar-refractivity contribution in [3.05, 3.63) is 72.8 Å². The van der Waals surface area contributed by atoms with Crippen molar-refractivity contribution < 1.29 is 27.4 Å². The molecule has 3 nitrogen and oxygen atoms in total. The van der Waals surface area contributed by atoms with E-state index in [1.165, 1.54) is 56.2 Å². The molecular weight excluding hydrogens is 465 g/mol. The van der Waals surface area contributed by atoms with Crippen molar-refractivity contribution in [2.24, 2.45) is 23.7 Å². The van der Waals surface area contributed by atoms with Crippen LogP contribution in [0.15, 0.2) is 55.3 Å². The SMILES string of the molecule is C=CC1CCC(C2CCC(C(=O)Oc3ccc(-c4ccc(O/C=C/C)c(F)c4F)cc3F)CC2)CC1. The summed E-state index contributed by atoms with van der Waals surface area (Å²) in [6.07, 6.45) is 13.2. The van der Waals surface area contributed by atoms with E-state index in [0.717, 1.165) is 37.7 Å². The number of hydrogen-bond donors (Lipinski definition) is 0. The third-order valence-electron chi connectivity index (χ3n) is 7.75. The third-order valence-corrected chi connectivity index (χ3v) is 7.75. The standard InChI is InChI=1S/C30H33F3O3/c1-3-17-35-27-16-14-24(28(32)29(27)33)23-13-15-26(25(31)18-23)36-30(34)22-11-9-21(10-12-22)20-7-5-19(4-2)6-8-20/h3-4,13-22H,2,5-12H2,1H3/b17-3+. The van der Waals surface area contributed by atoms with E-state index in [1.807, 2.05) is 0 Å². The molecule has 0 spiro atoms. The number of carbonyl (C=O) groups excluding carboxylic acids is 1. The van der Waals surface area contributed by atoms with Gasteiger partial charge in [-0.05, 0) is 106 Å². The molecule has 2 saturated carbocycles. The number of rotatable bonds is 7. The average molecular weight is 499 g/mol. The fourth-order valence-electron chi connectivity index (χ4n) is 5.61. The highest BCUT2D eigenvalue weighted by atomic mass is 19.2. The summed E-state index contributed by atoms with van der Waals surface area (Å²) >= 11 is 0. The molecule has 0 bridgehead atoms. The monoisotopic (exact) mass is 498 g/mol. The Bertz CT molecular complexity index is 1110. The molecule has 6 heteroatoms. The Morgan fingerprint density at radius 2 is 1.53 bits per heavy atom. The van der Waals surface area contributed by atoms with Crippen molar-refractivity contribution in [1.82, 2.24) is 0 Å². The minimum absolute atomic E-state index is 0.113. The number of allylic oxidation sites excluding steroid dienone is 2. The van der Waals surface area contributed by atoms with Gasteiger partial charge in [-0.3, -0.25) is 4.79 Å². The quantitative estimate of drug-likeness (QED) is 0.166. The van der Waals surface area contributed by atoms with Crippen molar-refractivity contribution in [2.45, 2.75) is 58.3 Å². The number of ether oxygens (including phenoxy) is 2. The highest BCUT2D eigenvalue weighted by Crippen LogP contribution is 2.42. The lowest BCUT2D eigenvalue weighted by Crippen LogP contribution is -2.30. The van der Waals surface area contributed by atoms with Crippen LogP contribution in [0.2, 0.25) is 0 Å². The molecule has 4 rings (SSSR count). The van der Waals surface area contributed by atoms with Crippen LogP contribution in [0.5, 0.6) is 11.5 Å². The number of halogens is 3. The van der Waals surface area contributed by atoms with E-state index < -0.39 is 23.4 Å². The summed E-state index contributed by atoms with van der Waals surface area (Å²) in [6.45, 7) is 5.60. The van der Waals surface area contributed by atoms with Gasteiger partial charge in [0.25, 0.3) is 0 Å². The first kappa shape index (κ1) is 26.1. The number of carbonyl (C=O) groups is 1. The van der Waals surface area contributed by atoms with Gasteiger partial charge in [0.1, 0.15) is 0 Å². The second-order valence-corrected chi connectivity index (χ2v) is 9.92. The molecule has 2 aromatic rings. The second kappa shape index (κ2) is 11.8. The maximum absolute atomic E-state index is 14.8. The molecule has 2 fully saturated rings. The molecule has 0 radical (unpaired) electrons. The zero-order valence-electron chi connectivity index (χ0n) is 20.7. The van der Waals surface area contributed by atoms with E-state index in [-0.39, 0.29) is 28.5 Å². The first-order valence-corrected chi connectivity index (χ1v) is 12.8.